The molecule has 0 saturated heterocycles. The predicted octanol–water partition coefficient (Wildman–Crippen LogP) is 3.83. The zero-order chi connectivity index (χ0) is 22.1. The summed E-state index contributed by atoms with van der Waals surface area (Å²) in [5.74, 6) is 0.643. The standard InChI is InChI=1S/C24H33N3O4/c1-2-3-7-22(28)26-23(31-29)17-19-8-10-21(11-9-19)30-15-12-18-5-4-6-20(16-18)27-24(25)13-14-24/h4-6,8-11,16,23,27,29H,2-3,7,12-15,17,25H2,1H3,(H,26,28). The fourth-order valence-corrected chi connectivity index (χ4v) is 3.28. The van der Waals surface area contributed by atoms with E-state index >= 15 is 0 Å². The molecule has 0 heterocycles. The number of anilines is 1. The Labute approximate surface area is 183 Å². The molecule has 1 saturated carbocycles. The molecule has 1 amide bonds. The number of amides is 1. The molecule has 1 atom stereocenters. The quantitative estimate of drug-likeness (QED) is 0.220. The molecule has 3 rings (SSSR count). The van der Waals surface area contributed by atoms with E-state index < -0.39 is 6.23 Å². The van der Waals surface area contributed by atoms with Gasteiger partial charge in [-0.3, -0.25) is 4.79 Å². The molecule has 0 radical (unpaired) electrons. The van der Waals surface area contributed by atoms with Crippen molar-refractivity contribution in [1.29, 1.82) is 0 Å². The minimum Gasteiger partial charge on any atom is -0.493 e. The van der Waals surface area contributed by atoms with E-state index in [0.29, 0.717) is 19.4 Å². The van der Waals surface area contributed by atoms with E-state index in [4.69, 9.17) is 15.7 Å². The van der Waals surface area contributed by atoms with Gasteiger partial charge in [0, 0.05) is 24.9 Å². The first-order valence-electron chi connectivity index (χ1n) is 11.0. The lowest BCUT2D eigenvalue weighted by Gasteiger charge is -2.16. The second kappa shape index (κ2) is 11.1. The molecule has 0 spiro atoms. The van der Waals surface area contributed by atoms with Crippen molar-refractivity contribution < 1.29 is 19.7 Å². The van der Waals surface area contributed by atoms with Crippen LogP contribution in [0.15, 0.2) is 48.5 Å². The Hall–Kier alpha value is -2.61. The summed E-state index contributed by atoms with van der Waals surface area (Å²) in [4.78, 5) is 16.2. The van der Waals surface area contributed by atoms with Crippen LogP contribution in [-0.2, 0) is 22.5 Å². The Kier molecular flexibility index (Phi) is 8.28. The van der Waals surface area contributed by atoms with E-state index in [-0.39, 0.29) is 11.6 Å². The first-order chi connectivity index (χ1) is 15.0. The number of hydrogen-bond donors (Lipinski definition) is 4. The van der Waals surface area contributed by atoms with Crippen LogP contribution in [0.2, 0.25) is 0 Å². The number of hydrogen-bond acceptors (Lipinski definition) is 6. The zero-order valence-corrected chi connectivity index (χ0v) is 18.1. The van der Waals surface area contributed by atoms with Crippen LogP contribution < -0.4 is 21.1 Å². The molecule has 7 nitrogen and oxygen atoms in total. The Morgan fingerprint density at radius 2 is 1.97 bits per heavy atom. The van der Waals surface area contributed by atoms with Gasteiger partial charge in [-0.15, -0.1) is 0 Å². The number of carbonyl (C=O) groups is 1. The van der Waals surface area contributed by atoms with Gasteiger partial charge in [0.2, 0.25) is 5.91 Å². The monoisotopic (exact) mass is 427 g/mol. The van der Waals surface area contributed by atoms with Crippen LogP contribution in [0.5, 0.6) is 5.75 Å². The maximum atomic E-state index is 11.8. The third kappa shape index (κ3) is 7.86. The van der Waals surface area contributed by atoms with Crippen LogP contribution in [0.3, 0.4) is 0 Å². The molecule has 2 aromatic rings. The highest BCUT2D eigenvalue weighted by atomic mass is 17.1. The lowest BCUT2D eigenvalue weighted by Crippen LogP contribution is -2.37. The molecule has 0 bridgehead atoms. The summed E-state index contributed by atoms with van der Waals surface area (Å²) in [6.45, 7) is 2.59. The summed E-state index contributed by atoms with van der Waals surface area (Å²) in [5.41, 5.74) is 9.05. The predicted molar refractivity (Wildman–Crippen MR) is 121 cm³/mol. The van der Waals surface area contributed by atoms with Gasteiger partial charge in [-0.2, -0.15) is 0 Å². The van der Waals surface area contributed by atoms with E-state index in [1.54, 1.807) is 0 Å². The van der Waals surface area contributed by atoms with Crippen molar-refractivity contribution in [3.05, 3.63) is 59.7 Å². The molecule has 0 aromatic heterocycles. The van der Waals surface area contributed by atoms with Crippen molar-refractivity contribution >= 4 is 11.6 Å². The molecule has 0 aliphatic heterocycles. The third-order valence-corrected chi connectivity index (χ3v) is 5.32. The number of benzene rings is 2. The topological polar surface area (TPSA) is 106 Å². The highest BCUT2D eigenvalue weighted by molar-refractivity contribution is 5.76. The van der Waals surface area contributed by atoms with Crippen LogP contribution in [0.1, 0.15) is 50.2 Å². The average molecular weight is 428 g/mol. The maximum absolute atomic E-state index is 11.8. The Balaban J connectivity index is 1.43. The minimum absolute atomic E-state index is 0.126. The number of carbonyl (C=O) groups excluding carboxylic acids is 1. The van der Waals surface area contributed by atoms with Crippen LogP contribution in [-0.4, -0.2) is 29.7 Å². The fraction of sp³-hybridized carbons (Fsp3) is 0.458. The highest BCUT2D eigenvalue weighted by Crippen LogP contribution is 2.33. The summed E-state index contributed by atoms with van der Waals surface area (Å²) in [5, 5.41) is 15.1. The molecule has 1 unspecified atom stereocenters. The Morgan fingerprint density at radius 3 is 2.65 bits per heavy atom. The molecule has 1 aliphatic carbocycles. The zero-order valence-electron chi connectivity index (χ0n) is 18.1. The fourth-order valence-electron chi connectivity index (χ4n) is 3.28. The second-order valence-corrected chi connectivity index (χ2v) is 8.19. The first kappa shape index (κ1) is 23.1. The average Bonchev–Trinajstić information content (AvgIpc) is 3.49. The maximum Gasteiger partial charge on any atom is 0.222 e. The molecule has 1 aliphatic rings. The highest BCUT2D eigenvalue weighted by Gasteiger charge is 2.38. The van der Waals surface area contributed by atoms with E-state index in [9.17, 15) is 4.79 Å². The first-order valence-corrected chi connectivity index (χ1v) is 11.0. The van der Waals surface area contributed by atoms with Crippen LogP contribution in [0, 0.1) is 0 Å². The lowest BCUT2D eigenvalue weighted by molar-refractivity contribution is -0.284. The smallest absolute Gasteiger partial charge is 0.222 e. The second-order valence-electron chi connectivity index (χ2n) is 8.19. The Bertz CT molecular complexity index is 837. The molecular weight excluding hydrogens is 394 g/mol. The van der Waals surface area contributed by atoms with Gasteiger partial charge in [0.05, 0.1) is 12.3 Å². The Morgan fingerprint density at radius 1 is 1.19 bits per heavy atom. The third-order valence-electron chi connectivity index (χ3n) is 5.32. The van der Waals surface area contributed by atoms with Gasteiger partial charge >= 0.3 is 0 Å². The van der Waals surface area contributed by atoms with Gasteiger partial charge in [0.1, 0.15) is 5.75 Å². The van der Waals surface area contributed by atoms with E-state index in [1.165, 1.54) is 5.56 Å². The summed E-state index contributed by atoms with van der Waals surface area (Å²) in [7, 11) is 0. The lowest BCUT2D eigenvalue weighted by atomic mass is 10.1. The van der Waals surface area contributed by atoms with Crippen LogP contribution >= 0.6 is 0 Å². The van der Waals surface area contributed by atoms with E-state index in [0.717, 1.165) is 49.1 Å². The van der Waals surface area contributed by atoms with Crippen molar-refractivity contribution in [2.45, 2.75) is 63.8 Å². The summed E-state index contributed by atoms with van der Waals surface area (Å²) < 4.78 is 5.86. The van der Waals surface area contributed by atoms with Gasteiger partial charge in [-0.05, 0) is 54.7 Å². The normalized spacial score (nSPS) is 15.2. The van der Waals surface area contributed by atoms with Gasteiger partial charge in [-0.25, -0.2) is 10.1 Å². The van der Waals surface area contributed by atoms with E-state index in [2.05, 4.69) is 27.7 Å². The largest absolute Gasteiger partial charge is 0.493 e. The molecule has 2 aromatic carbocycles. The summed E-state index contributed by atoms with van der Waals surface area (Å²) in [6, 6.07) is 15.8. The number of rotatable bonds is 13. The number of unbranched alkanes of at least 4 members (excludes halogenated alkanes) is 1. The molecular formula is C24H33N3O4. The van der Waals surface area contributed by atoms with Gasteiger partial charge in [0.15, 0.2) is 6.23 Å². The summed E-state index contributed by atoms with van der Waals surface area (Å²) >= 11 is 0. The van der Waals surface area contributed by atoms with E-state index in [1.807, 2.05) is 43.3 Å². The van der Waals surface area contributed by atoms with Crippen LogP contribution in [0.25, 0.3) is 0 Å². The van der Waals surface area contributed by atoms with Gasteiger partial charge < -0.3 is 21.1 Å². The van der Waals surface area contributed by atoms with Crippen molar-refractivity contribution in [2.75, 3.05) is 11.9 Å². The van der Waals surface area contributed by atoms with Gasteiger partial charge in [-0.1, -0.05) is 37.6 Å². The number of nitrogens with two attached hydrogens (primary N) is 1. The van der Waals surface area contributed by atoms with Gasteiger partial charge in [0.25, 0.3) is 0 Å². The van der Waals surface area contributed by atoms with Crippen molar-refractivity contribution in [3.63, 3.8) is 0 Å². The molecule has 31 heavy (non-hydrogen) atoms. The molecule has 7 heteroatoms. The number of nitrogens with one attached hydrogen (secondary N) is 2. The van der Waals surface area contributed by atoms with Crippen molar-refractivity contribution in [1.82, 2.24) is 5.32 Å². The summed E-state index contributed by atoms with van der Waals surface area (Å²) in [6.07, 6.45) is 4.59. The molecule has 168 valence electrons. The van der Waals surface area contributed by atoms with Crippen molar-refractivity contribution in [2.24, 2.45) is 5.73 Å². The van der Waals surface area contributed by atoms with Crippen molar-refractivity contribution in [3.8, 4) is 5.75 Å². The molecule has 5 N–H and O–H groups in total. The molecule has 1 fully saturated rings. The number of ether oxygens (including phenoxy) is 1. The van der Waals surface area contributed by atoms with Crippen LogP contribution in [0.4, 0.5) is 5.69 Å². The minimum atomic E-state index is -0.764. The SMILES string of the molecule is CCCCC(=O)NC(Cc1ccc(OCCc2cccc(NC3(N)CC3)c2)cc1)OO.